The van der Waals surface area contributed by atoms with Gasteiger partial charge in [0.1, 0.15) is 0 Å². The largest absolute Gasteiger partial charge is 0.271 e. The number of nitrogens with zero attached hydrogens (tertiary/aromatic N) is 1. The van der Waals surface area contributed by atoms with Crippen molar-refractivity contribution in [3.05, 3.63) is 0 Å². The first-order chi connectivity index (χ1) is 4.81. The normalized spacial score (nSPS) is 10.8. The highest BCUT2D eigenvalue weighted by molar-refractivity contribution is 4.48. The van der Waals surface area contributed by atoms with Gasteiger partial charge in [0.15, 0.2) is 0 Å². The first-order valence-electron chi connectivity index (χ1n) is 3.74. The molecule has 0 heterocycles. The Morgan fingerprint density at radius 3 is 2.60 bits per heavy atom. The highest BCUT2D eigenvalue weighted by Gasteiger charge is 1.94. The molecule has 0 unspecified atom stereocenters. The smallest absolute Gasteiger partial charge is 0.0267 e. The molecule has 0 amide bonds. The van der Waals surface area contributed by atoms with Crippen LogP contribution in [0.2, 0.25) is 0 Å². The van der Waals surface area contributed by atoms with Gasteiger partial charge in [0.25, 0.3) is 0 Å². The Kier molecular flexibility index (Phi) is 6.84. The Labute approximate surface area is 62.5 Å². The number of hydrogen-bond donors (Lipinski definition) is 3. The number of hydrogen-bond acceptors (Lipinski definition) is 4. The van der Waals surface area contributed by atoms with Crippen LogP contribution < -0.4 is 17.1 Å². The van der Waals surface area contributed by atoms with Crippen molar-refractivity contribution < 1.29 is 0 Å². The molecule has 10 heavy (non-hydrogen) atoms. The predicted molar refractivity (Wildman–Crippen MR) is 42.9 cm³/mol. The monoisotopic (exact) mass is 146 g/mol. The molecule has 0 saturated carbocycles. The van der Waals surface area contributed by atoms with Crippen molar-refractivity contribution in [3.8, 4) is 0 Å². The van der Waals surface area contributed by atoms with E-state index >= 15 is 0 Å². The van der Waals surface area contributed by atoms with E-state index in [1.807, 2.05) is 0 Å². The molecule has 0 saturated heterocycles. The molecule has 0 radical (unpaired) electrons. The summed E-state index contributed by atoms with van der Waals surface area (Å²) in [5.74, 6) is 10.7. The lowest BCUT2D eigenvalue weighted by Crippen LogP contribution is -2.39. The van der Waals surface area contributed by atoms with E-state index in [0.717, 1.165) is 26.1 Å². The van der Waals surface area contributed by atoms with Crippen LogP contribution in [0, 0.1) is 0 Å². The Balaban J connectivity index is 3.00. The van der Waals surface area contributed by atoms with E-state index in [0.29, 0.717) is 0 Å². The highest BCUT2D eigenvalue weighted by Crippen LogP contribution is 1.87. The second-order valence-electron chi connectivity index (χ2n) is 2.34. The molecular weight excluding hydrogens is 128 g/mol. The van der Waals surface area contributed by atoms with Crippen LogP contribution in [0.5, 0.6) is 0 Å². The summed E-state index contributed by atoms with van der Waals surface area (Å²) in [6.45, 7) is 4.67. The second kappa shape index (κ2) is 6.95. The van der Waals surface area contributed by atoms with E-state index in [-0.39, 0.29) is 0 Å². The molecule has 0 aromatic rings. The summed E-state index contributed by atoms with van der Waals surface area (Å²) in [5.41, 5.74) is 2.55. The summed E-state index contributed by atoms with van der Waals surface area (Å²) in [6.07, 6.45) is 2.34. The van der Waals surface area contributed by atoms with Gasteiger partial charge in [-0.1, -0.05) is 13.3 Å². The number of nitrogens with one attached hydrogen (secondary N) is 1. The van der Waals surface area contributed by atoms with Gasteiger partial charge < -0.3 is 0 Å². The predicted octanol–water partition coefficient (Wildman–Crippen LogP) is -0.574. The molecular formula is C6H18N4. The third-order valence-corrected chi connectivity index (χ3v) is 1.34. The molecule has 0 aromatic carbocycles. The fourth-order valence-electron chi connectivity index (χ4n) is 0.681. The van der Waals surface area contributed by atoms with Crippen molar-refractivity contribution in [1.82, 2.24) is 10.4 Å². The summed E-state index contributed by atoms with van der Waals surface area (Å²) in [5, 5.41) is 1.78. The summed E-state index contributed by atoms with van der Waals surface area (Å²) < 4.78 is 0. The fourth-order valence-corrected chi connectivity index (χ4v) is 0.681. The molecule has 5 N–H and O–H groups in total. The fraction of sp³-hybridized carbons (Fsp3) is 1.00. The minimum Gasteiger partial charge on any atom is -0.271 e. The lowest BCUT2D eigenvalue weighted by molar-refractivity contribution is 0.278. The second-order valence-corrected chi connectivity index (χ2v) is 2.34. The van der Waals surface area contributed by atoms with Crippen molar-refractivity contribution in [2.45, 2.75) is 19.8 Å². The minimum atomic E-state index is 0.750. The number of rotatable bonds is 6. The van der Waals surface area contributed by atoms with E-state index in [9.17, 15) is 0 Å². The molecule has 4 heteroatoms. The molecule has 0 fully saturated rings. The average molecular weight is 146 g/mol. The third-order valence-electron chi connectivity index (χ3n) is 1.34. The minimum absolute atomic E-state index is 0.750. The lowest BCUT2D eigenvalue weighted by atomic mass is 10.3. The van der Waals surface area contributed by atoms with Gasteiger partial charge in [-0.3, -0.25) is 17.1 Å². The molecule has 0 spiro atoms. The zero-order valence-corrected chi connectivity index (χ0v) is 6.64. The van der Waals surface area contributed by atoms with Gasteiger partial charge in [-0.05, 0) is 6.42 Å². The van der Waals surface area contributed by atoms with Crippen molar-refractivity contribution in [1.29, 1.82) is 0 Å². The maximum absolute atomic E-state index is 5.58. The highest BCUT2D eigenvalue weighted by atomic mass is 15.4. The Bertz CT molecular complexity index is 58.8. The van der Waals surface area contributed by atoms with Crippen molar-refractivity contribution >= 4 is 0 Å². The van der Waals surface area contributed by atoms with Crippen LogP contribution in [0.3, 0.4) is 0 Å². The standard InChI is InChI=1S/C6H18N4/c1-2-3-5-10(8)6-4-9-7/h9H,2-8H2,1H3. The molecule has 4 nitrogen and oxygen atoms in total. The Morgan fingerprint density at radius 2 is 2.10 bits per heavy atom. The molecule has 0 bridgehead atoms. The average Bonchev–Trinajstić information content (AvgIpc) is 1.97. The number of nitrogens with two attached hydrogens (primary N) is 2. The molecule has 0 aliphatic rings. The maximum Gasteiger partial charge on any atom is 0.0267 e. The van der Waals surface area contributed by atoms with E-state index in [4.69, 9.17) is 11.7 Å². The van der Waals surface area contributed by atoms with Crippen LogP contribution in [0.4, 0.5) is 0 Å². The number of hydrazine groups is 2. The lowest BCUT2D eigenvalue weighted by Gasteiger charge is -2.14. The molecule has 0 rings (SSSR count). The summed E-state index contributed by atoms with van der Waals surface area (Å²) in [7, 11) is 0. The summed E-state index contributed by atoms with van der Waals surface area (Å²) in [4.78, 5) is 0. The van der Waals surface area contributed by atoms with Gasteiger partial charge in [-0.2, -0.15) is 0 Å². The van der Waals surface area contributed by atoms with Crippen LogP contribution in [0.15, 0.2) is 0 Å². The topological polar surface area (TPSA) is 67.3 Å². The van der Waals surface area contributed by atoms with Crippen LogP contribution in [0.1, 0.15) is 19.8 Å². The van der Waals surface area contributed by atoms with Crippen molar-refractivity contribution in [2.24, 2.45) is 11.7 Å². The van der Waals surface area contributed by atoms with Gasteiger partial charge in [-0.15, -0.1) is 0 Å². The molecule has 62 valence electrons. The summed E-state index contributed by atoms with van der Waals surface area (Å²) in [6, 6.07) is 0. The maximum atomic E-state index is 5.58. The molecule has 0 aromatic heterocycles. The van der Waals surface area contributed by atoms with Crippen LogP contribution in [-0.2, 0) is 0 Å². The Hall–Kier alpha value is -0.160. The van der Waals surface area contributed by atoms with E-state index < -0.39 is 0 Å². The van der Waals surface area contributed by atoms with Gasteiger partial charge in [0.2, 0.25) is 0 Å². The molecule has 0 aliphatic carbocycles. The first kappa shape index (κ1) is 9.84. The van der Waals surface area contributed by atoms with Crippen LogP contribution >= 0.6 is 0 Å². The summed E-state index contributed by atoms with van der Waals surface area (Å²) >= 11 is 0. The molecule has 0 atom stereocenters. The van der Waals surface area contributed by atoms with E-state index in [1.165, 1.54) is 6.42 Å². The van der Waals surface area contributed by atoms with E-state index in [1.54, 1.807) is 5.01 Å². The van der Waals surface area contributed by atoms with Gasteiger partial charge in [0, 0.05) is 19.6 Å². The third kappa shape index (κ3) is 5.97. The van der Waals surface area contributed by atoms with Crippen molar-refractivity contribution in [3.63, 3.8) is 0 Å². The first-order valence-corrected chi connectivity index (χ1v) is 3.74. The Morgan fingerprint density at radius 1 is 1.40 bits per heavy atom. The zero-order valence-electron chi connectivity index (χ0n) is 6.64. The van der Waals surface area contributed by atoms with Gasteiger partial charge >= 0.3 is 0 Å². The van der Waals surface area contributed by atoms with Crippen LogP contribution in [0.25, 0.3) is 0 Å². The zero-order chi connectivity index (χ0) is 7.82. The van der Waals surface area contributed by atoms with Crippen LogP contribution in [-0.4, -0.2) is 24.6 Å². The van der Waals surface area contributed by atoms with Crippen molar-refractivity contribution in [2.75, 3.05) is 19.6 Å². The number of unbranched alkanes of at least 4 members (excludes halogenated alkanes) is 1. The van der Waals surface area contributed by atoms with Gasteiger partial charge in [-0.25, -0.2) is 5.01 Å². The molecule has 0 aliphatic heterocycles. The SMILES string of the molecule is CCCCN(N)CCNN. The van der Waals surface area contributed by atoms with E-state index in [2.05, 4.69) is 12.3 Å². The van der Waals surface area contributed by atoms with Gasteiger partial charge in [0.05, 0.1) is 0 Å². The quantitative estimate of drug-likeness (QED) is 0.346.